The second-order valence-corrected chi connectivity index (χ2v) is 21.3. The average Bonchev–Trinajstić information content (AvgIpc) is 3.33. The molecule has 0 bridgehead atoms. The van der Waals surface area contributed by atoms with E-state index in [9.17, 15) is 52.1 Å². The zero-order valence-electron chi connectivity index (χ0n) is 39.3. The molecule has 0 saturated heterocycles. The van der Waals surface area contributed by atoms with E-state index in [2.05, 4.69) is 56.5 Å². The fourth-order valence-corrected chi connectivity index (χ4v) is 8.56. The molecule has 6 aromatic rings. The number of nitrogens with zero attached hydrogens (tertiary/aromatic N) is 9. The lowest BCUT2D eigenvalue weighted by atomic mass is 10.1. The molecule has 1 unspecified atom stereocenters. The number of aliphatic carboxylic acids is 1. The van der Waals surface area contributed by atoms with E-state index in [1.165, 1.54) is 66.7 Å². The maximum Gasteiger partial charge on any atom is 0.303 e. The van der Waals surface area contributed by atoms with Gasteiger partial charge in [0.05, 0.1) is 56.2 Å². The zero-order valence-corrected chi connectivity index (χ0v) is 42.6. The lowest BCUT2D eigenvalue weighted by Crippen LogP contribution is -2.33. The first-order valence-corrected chi connectivity index (χ1v) is 27.2. The number of carboxylic acids is 1. The van der Waals surface area contributed by atoms with Gasteiger partial charge in [-0.1, -0.05) is 0 Å². The number of azo groups is 4. The molecule has 6 rings (SSSR count). The second-order valence-electron chi connectivity index (χ2n) is 15.7. The molecule has 0 aliphatic rings. The predicted molar refractivity (Wildman–Crippen MR) is 273 cm³/mol. The highest BCUT2D eigenvalue weighted by molar-refractivity contribution is 7.86. The van der Waals surface area contributed by atoms with E-state index in [1.807, 2.05) is 0 Å². The average molecular weight is 1120 g/mol. The Bertz CT molecular complexity index is 3800. The van der Waals surface area contributed by atoms with Gasteiger partial charge in [0.2, 0.25) is 0 Å². The number of ether oxygens (including phenoxy) is 1. The predicted octanol–water partition coefficient (Wildman–Crippen LogP) is 9.28. The lowest BCUT2D eigenvalue weighted by Gasteiger charge is -2.17. The molecule has 0 aliphatic carbocycles. The molecule has 1 atom stereocenters. The fourth-order valence-electron chi connectivity index (χ4n) is 6.31. The molecule has 0 aromatic heterocycles. The van der Waals surface area contributed by atoms with Gasteiger partial charge in [-0.05, 0) is 141 Å². The molecule has 0 spiro atoms. The molecule has 32 heteroatoms. The number of hydrogen-bond donors (Lipinski definition) is 9. The molecule has 0 radical (unpaired) electrons. The number of carboxylic acid groups (broad SMARTS) is 1. The Morgan fingerprint density at radius 2 is 0.987 bits per heavy atom. The van der Waals surface area contributed by atoms with Gasteiger partial charge in [-0.25, -0.2) is 4.99 Å². The number of hydrogen-bond acceptors (Lipinski definition) is 21. The maximum absolute atomic E-state index is 12.4. The number of nitrogens with two attached hydrogens (primary N) is 2. The van der Waals surface area contributed by atoms with Gasteiger partial charge in [0.15, 0.2) is 12.2 Å². The lowest BCUT2D eigenvalue weighted by molar-refractivity contribution is -0.137. The van der Waals surface area contributed by atoms with Crippen LogP contribution in [0.15, 0.2) is 181 Å². The van der Waals surface area contributed by atoms with Crippen molar-refractivity contribution in [3.05, 3.63) is 126 Å². The summed E-state index contributed by atoms with van der Waals surface area (Å²) in [5.74, 6) is -1.18. The van der Waals surface area contributed by atoms with Gasteiger partial charge in [-0.2, -0.15) is 64.4 Å². The summed E-state index contributed by atoms with van der Waals surface area (Å²) >= 11 is 0. The number of guanidine groups is 1. The van der Waals surface area contributed by atoms with E-state index >= 15 is 0 Å². The van der Waals surface area contributed by atoms with Crippen molar-refractivity contribution < 1.29 is 66.5 Å². The van der Waals surface area contributed by atoms with Crippen LogP contribution in [0.3, 0.4) is 0 Å². The first-order chi connectivity index (χ1) is 35.6. The van der Waals surface area contributed by atoms with Crippen LogP contribution in [0.1, 0.15) is 24.0 Å². The van der Waals surface area contributed by atoms with Crippen LogP contribution in [0.4, 0.5) is 56.9 Å². The van der Waals surface area contributed by atoms with Crippen LogP contribution in [0.25, 0.3) is 0 Å². The molecule has 398 valence electrons. The van der Waals surface area contributed by atoms with Crippen LogP contribution >= 0.6 is 0 Å². The Hall–Kier alpha value is -8.34. The minimum Gasteiger partial charge on any atom is -0.491 e. The molecule has 6 aromatic carbocycles. The Morgan fingerprint density at radius 1 is 0.553 bits per heavy atom. The number of anilines is 2. The van der Waals surface area contributed by atoms with Gasteiger partial charge in [0.25, 0.3) is 40.5 Å². The standard InChI is InChI=1S/C44H43N13O15S4/c1-25-20-29(9-16-34(25)54-55-35-17-10-30(22-40(35)75(66,67)68)52-50-27-5-12-32(13-6-27)73(60,61)62)47-43(45)49-44(46)48-38-21-26(2)37(24-39(38)72-19-3-4-42(58)59)57-56-36-18-11-31(23-41(36)76(69,70)71)53-51-28-7-14-33(15-8-28)74(63,64)65/h5-18,20-24,43,47H,3-4,19,45H2,1-2H3,(H,58,59)(H3,46,48,49)(H,60,61,62)(H,63,64,65)(H,66,67,68)(H,69,70,71). The number of nitrogens with one attached hydrogen (secondary N) is 2. The van der Waals surface area contributed by atoms with E-state index in [-0.39, 0.29) is 86.4 Å². The largest absolute Gasteiger partial charge is 0.491 e. The SMILES string of the molecule is Cc1cc(NC(N)N=C(N)Nc2cc(C)c(N=Nc3ccc(N=Nc4ccc(S(=O)(=O)O)cc4)cc3S(=O)(=O)O)cc2OCCCC(=O)O)ccc1N=Nc1ccc(N=Nc2ccc(S(=O)(=O)O)cc2)cc1S(=O)(=O)O. The van der Waals surface area contributed by atoms with Gasteiger partial charge in [-0.15, -0.1) is 10.2 Å². The second kappa shape index (κ2) is 23.9. The summed E-state index contributed by atoms with van der Waals surface area (Å²) in [6, 6.07) is 24.1. The van der Waals surface area contributed by atoms with Crippen LogP contribution in [-0.2, 0) is 45.3 Å². The van der Waals surface area contributed by atoms with Crippen LogP contribution in [0.5, 0.6) is 5.75 Å². The number of aliphatic imine (C=N–C) groups is 1. The van der Waals surface area contributed by atoms with Crippen molar-refractivity contribution in [2.75, 3.05) is 17.2 Å². The fraction of sp³-hybridized carbons (Fsp3) is 0.136. The van der Waals surface area contributed by atoms with Crippen molar-refractivity contribution in [1.29, 1.82) is 0 Å². The van der Waals surface area contributed by atoms with E-state index in [1.54, 1.807) is 26.0 Å². The topological polar surface area (TPSA) is 451 Å². The monoisotopic (exact) mass is 1120 g/mol. The molecule has 0 fully saturated rings. The van der Waals surface area contributed by atoms with Crippen molar-refractivity contribution in [1.82, 2.24) is 0 Å². The third-order valence-corrected chi connectivity index (χ3v) is 13.4. The Kier molecular flexibility index (Phi) is 17.9. The van der Waals surface area contributed by atoms with E-state index in [4.69, 9.17) is 25.9 Å². The minimum absolute atomic E-state index is 0.0136. The molecule has 0 saturated carbocycles. The van der Waals surface area contributed by atoms with Crippen LogP contribution in [0.2, 0.25) is 0 Å². The molecule has 11 N–H and O–H groups in total. The summed E-state index contributed by atoms with van der Waals surface area (Å²) in [6.45, 7) is 3.21. The number of benzene rings is 6. The summed E-state index contributed by atoms with van der Waals surface area (Å²) in [4.78, 5) is 13.3. The Balaban J connectivity index is 1.16. The Morgan fingerprint density at radius 3 is 1.45 bits per heavy atom. The van der Waals surface area contributed by atoms with Crippen LogP contribution in [0, 0.1) is 13.8 Å². The molecule has 28 nitrogen and oxygen atoms in total. The van der Waals surface area contributed by atoms with Gasteiger partial charge >= 0.3 is 5.97 Å². The maximum atomic E-state index is 12.4. The van der Waals surface area contributed by atoms with Crippen molar-refractivity contribution in [3.8, 4) is 5.75 Å². The van der Waals surface area contributed by atoms with Gasteiger partial charge in [0, 0.05) is 18.2 Å². The molecule has 0 aliphatic heterocycles. The molecule has 0 heterocycles. The molecular weight excluding hydrogens is 1080 g/mol. The van der Waals surface area contributed by atoms with E-state index < -0.39 is 62.5 Å². The highest BCUT2D eigenvalue weighted by Crippen LogP contribution is 2.37. The highest BCUT2D eigenvalue weighted by atomic mass is 32.2. The molecule has 76 heavy (non-hydrogen) atoms. The van der Waals surface area contributed by atoms with Crippen molar-refractivity contribution in [3.63, 3.8) is 0 Å². The summed E-state index contributed by atoms with van der Waals surface area (Å²) < 4.78 is 139. The quantitative estimate of drug-likeness (QED) is 0.00809. The van der Waals surface area contributed by atoms with Gasteiger partial charge in [-0.3, -0.25) is 28.7 Å². The first-order valence-electron chi connectivity index (χ1n) is 21.4. The van der Waals surface area contributed by atoms with E-state index in [0.29, 0.717) is 22.5 Å². The van der Waals surface area contributed by atoms with Crippen molar-refractivity contribution in [2.24, 2.45) is 57.4 Å². The Labute approximate surface area is 433 Å². The summed E-state index contributed by atoms with van der Waals surface area (Å²) in [5, 5.41) is 47.0. The van der Waals surface area contributed by atoms with Gasteiger partial charge in [0.1, 0.15) is 26.9 Å². The number of aryl methyl sites for hydroxylation is 2. The smallest absolute Gasteiger partial charge is 0.303 e. The van der Waals surface area contributed by atoms with Gasteiger partial charge < -0.3 is 26.2 Å². The van der Waals surface area contributed by atoms with Crippen molar-refractivity contribution >= 4 is 109 Å². The normalized spacial score (nSPS) is 13.2. The third-order valence-electron chi connectivity index (χ3n) is 9.95. The molecule has 0 amide bonds. The number of rotatable bonds is 21. The number of carbonyl (C=O) groups is 1. The minimum atomic E-state index is -4.91. The van der Waals surface area contributed by atoms with E-state index in [0.717, 1.165) is 36.4 Å². The molecular formula is C44H43N13O15S4. The summed E-state index contributed by atoms with van der Waals surface area (Å²) in [5.41, 5.74) is 14.3. The van der Waals surface area contributed by atoms with Crippen molar-refractivity contribution in [2.45, 2.75) is 52.6 Å². The summed E-state index contributed by atoms with van der Waals surface area (Å²) in [6.07, 6.45) is -1.28. The van der Waals surface area contributed by atoms with Crippen LogP contribution in [-0.4, -0.2) is 81.8 Å². The zero-order chi connectivity index (χ0) is 55.6. The third kappa shape index (κ3) is 16.3. The first kappa shape index (κ1) is 56.9. The van der Waals surface area contributed by atoms with Crippen LogP contribution < -0.4 is 26.8 Å². The highest BCUT2D eigenvalue weighted by Gasteiger charge is 2.20. The summed E-state index contributed by atoms with van der Waals surface area (Å²) in [7, 11) is -18.6.